The second-order valence-electron chi connectivity index (χ2n) is 4.40. The summed E-state index contributed by atoms with van der Waals surface area (Å²) in [6.45, 7) is 3.95. The first-order valence-electron chi connectivity index (χ1n) is 5.84. The number of halogens is 2. The Morgan fingerprint density at radius 3 is 2.50 bits per heavy atom. The molecular weight excluding hydrogens is 232 g/mol. The van der Waals surface area contributed by atoms with Gasteiger partial charge in [0.15, 0.2) is 0 Å². The highest BCUT2D eigenvalue weighted by molar-refractivity contribution is 5.47. The third-order valence-electron chi connectivity index (χ3n) is 2.85. The minimum absolute atomic E-state index is 0.0372. The molecule has 0 aromatic heterocycles. The SMILES string of the molecule is Cc1cccc(C(C)Nc2ccc(F)cc2F)c1. The molecule has 94 valence electrons. The fourth-order valence-electron chi connectivity index (χ4n) is 1.86. The molecule has 1 atom stereocenters. The molecular formula is C15H15F2N. The van der Waals surface area contributed by atoms with Gasteiger partial charge in [-0.1, -0.05) is 29.8 Å². The molecule has 0 aliphatic carbocycles. The molecule has 0 heterocycles. The Hall–Kier alpha value is -1.90. The van der Waals surface area contributed by atoms with Gasteiger partial charge in [0.25, 0.3) is 0 Å². The maximum atomic E-state index is 13.5. The second-order valence-corrected chi connectivity index (χ2v) is 4.40. The van der Waals surface area contributed by atoms with Gasteiger partial charge in [0, 0.05) is 12.1 Å². The van der Waals surface area contributed by atoms with Crippen molar-refractivity contribution in [3.8, 4) is 0 Å². The Morgan fingerprint density at radius 2 is 1.83 bits per heavy atom. The second kappa shape index (κ2) is 5.17. The summed E-state index contributed by atoms with van der Waals surface area (Å²) in [6.07, 6.45) is 0. The maximum absolute atomic E-state index is 13.5. The highest BCUT2D eigenvalue weighted by Gasteiger charge is 2.09. The highest BCUT2D eigenvalue weighted by atomic mass is 19.1. The maximum Gasteiger partial charge on any atom is 0.149 e. The number of anilines is 1. The zero-order valence-electron chi connectivity index (χ0n) is 10.4. The Labute approximate surface area is 105 Å². The van der Waals surface area contributed by atoms with Crippen molar-refractivity contribution in [1.82, 2.24) is 0 Å². The predicted octanol–water partition coefficient (Wildman–Crippen LogP) is 4.45. The molecule has 0 radical (unpaired) electrons. The lowest BCUT2D eigenvalue weighted by molar-refractivity contribution is 0.584. The number of hydrogen-bond donors (Lipinski definition) is 1. The van der Waals surface area contributed by atoms with E-state index in [4.69, 9.17) is 0 Å². The molecule has 0 fully saturated rings. The van der Waals surface area contributed by atoms with Crippen LogP contribution >= 0.6 is 0 Å². The fourth-order valence-corrected chi connectivity index (χ4v) is 1.86. The fraction of sp³-hybridized carbons (Fsp3) is 0.200. The number of hydrogen-bond acceptors (Lipinski definition) is 1. The van der Waals surface area contributed by atoms with Gasteiger partial charge in [-0.2, -0.15) is 0 Å². The molecule has 2 aromatic carbocycles. The van der Waals surface area contributed by atoms with Crippen LogP contribution in [0, 0.1) is 18.6 Å². The van der Waals surface area contributed by atoms with Crippen molar-refractivity contribution >= 4 is 5.69 Å². The van der Waals surface area contributed by atoms with E-state index < -0.39 is 11.6 Å². The van der Waals surface area contributed by atoms with Crippen LogP contribution in [0.1, 0.15) is 24.1 Å². The van der Waals surface area contributed by atoms with Crippen LogP contribution < -0.4 is 5.32 Å². The topological polar surface area (TPSA) is 12.0 Å². The van der Waals surface area contributed by atoms with Gasteiger partial charge in [0.2, 0.25) is 0 Å². The van der Waals surface area contributed by atoms with E-state index in [1.807, 2.05) is 38.1 Å². The van der Waals surface area contributed by atoms with Crippen molar-refractivity contribution in [2.45, 2.75) is 19.9 Å². The van der Waals surface area contributed by atoms with Crippen molar-refractivity contribution in [3.63, 3.8) is 0 Å². The quantitative estimate of drug-likeness (QED) is 0.845. The number of benzene rings is 2. The van der Waals surface area contributed by atoms with Gasteiger partial charge < -0.3 is 5.32 Å². The Bertz CT molecular complexity index is 552. The Balaban J connectivity index is 2.18. The van der Waals surface area contributed by atoms with Gasteiger partial charge in [-0.15, -0.1) is 0 Å². The average molecular weight is 247 g/mol. The highest BCUT2D eigenvalue weighted by Crippen LogP contribution is 2.22. The molecule has 0 bridgehead atoms. The van der Waals surface area contributed by atoms with E-state index in [2.05, 4.69) is 5.32 Å². The molecule has 2 rings (SSSR count). The summed E-state index contributed by atoms with van der Waals surface area (Å²) >= 11 is 0. The molecule has 0 saturated heterocycles. The van der Waals surface area contributed by atoms with Gasteiger partial charge >= 0.3 is 0 Å². The van der Waals surface area contributed by atoms with E-state index >= 15 is 0 Å². The van der Waals surface area contributed by atoms with Gasteiger partial charge in [-0.3, -0.25) is 0 Å². The van der Waals surface area contributed by atoms with E-state index in [9.17, 15) is 8.78 Å². The molecule has 1 N–H and O–H groups in total. The molecule has 0 saturated carbocycles. The van der Waals surface area contributed by atoms with Crippen LogP contribution in [0.25, 0.3) is 0 Å². The monoisotopic (exact) mass is 247 g/mol. The smallest absolute Gasteiger partial charge is 0.149 e. The molecule has 1 unspecified atom stereocenters. The largest absolute Gasteiger partial charge is 0.376 e. The zero-order valence-corrected chi connectivity index (χ0v) is 10.4. The molecule has 0 aliphatic heterocycles. The van der Waals surface area contributed by atoms with Crippen LogP contribution in [0.15, 0.2) is 42.5 Å². The molecule has 2 aromatic rings. The van der Waals surface area contributed by atoms with Crippen LogP contribution in [0.5, 0.6) is 0 Å². The summed E-state index contributed by atoms with van der Waals surface area (Å²) in [5.41, 5.74) is 2.53. The summed E-state index contributed by atoms with van der Waals surface area (Å²) in [6, 6.07) is 11.5. The first-order chi connectivity index (χ1) is 8.56. The summed E-state index contributed by atoms with van der Waals surface area (Å²) in [4.78, 5) is 0. The van der Waals surface area contributed by atoms with Crippen LogP contribution in [-0.2, 0) is 0 Å². The lowest BCUT2D eigenvalue weighted by atomic mass is 10.1. The molecule has 1 nitrogen and oxygen atoms in total. The first kappa shape index (κ1) is 12.6. The Kier molecular flexibility index (Phi) is 3.60. The normalized spacial score (nSPS) is 12.2. The van der Waals surface area contributed by atoms with Crippen molar-refractivity contribution < 1.29 is 8.78 Å². The average Bonchev–Trinajstić information content (AvgIpc) is 2.32. The molecule has 0 spiro atoms. The van der Waals surface area contributed by atoms with E-state index in [1.54, 1.807) is 0 Å². The number of nitrogens with one attached hydrogen (secondary N) is 1. The zero-order chi connectivity index (χ0) is 13.1. The van der Waals surface area contributed by atoms with Crippen molar-refractivity contribution in [3.05, 3.63) is 65.2 Å². The minimum Gasteiger partial charge on any atom is -0.376 e. The van der Waals surface area contributed by atoms with E-state index in [0.29, 0.717) is 5.69 Å². The van der Waals surface area contributed by atoms with E-state index in [-0.39, 0.29) is 6.04 Å². The number of rotatable bonds is 3. The number of aryl methyl sites for hydroxylation is 1. The molecule has 3 heteroatoms. The van der Waals surface area contributed by atoms with Crippen LogP contribution in [0.4, 0.5) is 14.5 Å². The van der Waals surface area contributed by atoms with Crippen LogP contribution in [-0.4, -0.2) is 0 Å². The third kappa shape index (κ3) is 2.86. The van der Waals surface area contributed by atoms with Crippen molar-refractivity contribution in [1.29, 1.82) is 0 Å². The van der Waals surface area contributed by atoms with Gasteiger partial charge in [-0.05, 0) is 31.5 Å². The van der Waals surface area contributed by atoms with Crippen LogP contribution in [0.2, 0.25) is 0 Å². The van der Waals surface area contributed by atoms with Gasteiger partial charge in [0.1, 0.15) is 11.6 Å². The minimum atomic E-state index is -0.575. The predicted molar refractivity (Wildman–Crippen MR) is 69.6 cm³/mol. The van der Waals surface area contributed by atoms with Crippen molar-refractivity contribution in [2.75, 3.05) is 5.32 Å². The molecule has 0 amide bonds. The summed E-state index contributed by atoms with van der Waals surface area (Å²) in [7, 11) is 0. The first-order valence-corrected chi connectivity index (χ1v) is 5.84. The summed E-state index contributed by atoms with van der Waals surface area (Å²) < 4.78 is 26.3. The lowest BCUT2D eigenvalue weighted by Crippen LogP contribution is -2.08. The summed E-state index contributed by atoms with van der Waals surface area (Å²) in [5.74, 6) is -1.14. The summed E-state index contributed by atoms with van der Waals surface area (Å²) in [5, 5.41) is 3.04. The molecule has 18 heavy (non-hydrogen) atoms. The van der Waals surface area contributed by atoms with Crippen molar-refractivity contribution in [2.24, 2.45) is 0 Å². The van der Waals surface area contributed by atoms with Crippen LogP contribution in [0.3, 0.4) is 0 Å². The third-order valence-corrected chi connectivity index (χ3v) is 2.85. The standard InChI is InChI=1S/C15H15F2N/c1-10-4-3-5-12(8-10)11(2)18-15-7-6-13(16)9-14(15)17/h3-9,11,18H,1-2H3. The molecule has 0 aliphatic rings. The van der Waals surface area contributed by atoms with Gasteiger partial charge in [-0.25, -0.2) is 8.78 Å². The van der Waals surface area contributed by atoms with E-state index in [0.717, 1.165) is 17.2 Å². The van der Waals surface area contributed by atoms with Gasteiger partial charge in [0.05, 0.1) is 5.69 Å². The Morgan fingerprint density at radius 1 is 1.06 bits per heavy atom. The lowest BCUT2D eigenvalue weighted by Gasteiger charge is -2.16. The van der Waals surface area contributed by atoms with E-state index in [1.165, 1.54) is 12.1 Å².